The summed E-state index contributed by atoms with van der Waals surface area (Å²) in [6, 6.07) is 0. The average Bonchev–Trinajstić information content (AvgIpc) is 3.01. The third kappa shape index (κ3) is 2.47. The second-order valence-electron chi connectivity index (χ2n) is 4.69. The molecule has 1 amide bonds. The highest BCUT2D eigenvalue weighted by molar-refractivity contribution is 5.80. The van der Waals surface area contributed by atoms with E-state index in [-0.39, 0.29) is 0 Å². The Bertz CT molecular complexity index is 207. The van der Waals surface area contributed by atoms with Crippen molar-refractivity contribution in [3.8, 4) is 0 Å². The van der Waals surface area contributed by atoms with Crippen molar-refractivity contribution in [3.05, 3.63) is 0 Å². The highest BCUT2D eigenvalue weighted by Gasteiger charge is 2.32. The van der Waals surface area contributed by atoms with Crippen molar-refractivity contribution >= 4 is 5.91 Å². The largest absolute Gasteiger partial charge is 0.345 e. The molecule has 0 aromatic rings. The summed E-state index contributed by atoms with van der Waals surface area (Å²) >= 11 is 0. The number of carbonyl (C=O) groups excluding carboxylic acids is 1. The van der Waals surface area contributed by atoms with E-state index in [1.165, 1.54) is 12.8 Å². The Hall–Kier alpha value is -0.570. The van der Waals surface area contributed by atoms with Gasteiger partial charge < -0.3 is 10.2 Å². The van der Waals surface area contributed by atoms with Crippen molar-refractivity contribution in [3.63, 3.8) is 0 Å². The maximum Gasteiger partial charge on any atom is 0.225 e. The van der Waals surface area contributed by atoms with Gasteiger partial charge in [-0.3, -0.25) is 4.79 Å². The van der Waals surface area contributed by atoms with Crippen LogP contribution >= 0.6 is 0 Å². The van der Waals surface area contributed by atoms with E-state index in [1.807, 2.05) is 11.9 Å². The summed E-state index contributed by atoms with van der Waals surface area (Å²) in [5.74, 6) is 1.48. The highest BCUT2D eigenvalue weighted by Crippen LogP contribution is 2.31. The van der Waals surface area contributed by atoms with E-state index < -0.39 is 0 Å². The van der Waals surface area contributed by atoms with Crippen molar-refractivity contribution < 1.29 is 4.79 Å². The molecule has 1 heterocycles. The molecule has 0 spiro atoms. The fraction of sp³-hybridized carbons (Fsp3) is 0.909. The van der Waals surface area contributed by atoms with Crippen LogP contribution in [0.25, 0.3) is 0 Å². The summed E-state index contributed by atoms with van der Waals surface area (Å²) < 4.78 is 0. The van der Waals surface area contributed by atoms with Crippen LogP contribution in [0.15, 0.2) is 0 Å². The molecule has 80 valence electrons. The molecule has 0 radical (unpaired) electrons. The molecule has 1 aliphatic carbocycles. The van der Waals surface area contributed by atoms with Crippen LogP contribution < -0.4 is 5.32 Å². The zero-order valence-corrected chi connectivity index (χ0v) is 8.96. The molecular formula is C11H20N2O. The molecule has 0 unspecified atom stereocenters. The quantitative estimate of drug-likeness (QED) is 0.726. The standard InChI is InChI=1S/C11H20N2O/c1-13(11(14)10-2-3-10)8-9-4-6-12-7-5-9/h9-10,12H,2-8H2,1H3. The smallest absolute Gasteiger partial charge is 0.225 e. The molecule has 1 aliphatic heterocycles. The number of nitrogens with one attached hydrogen (secondary N) is 1. The number of hydrogen-bond acceptors (Lipinski definition) is 2. The van der Waals surface area contributed by atoms with Gasteiger partial charge in [0.15, 0.2) is 0 Å². The van der Waals surface area contributed by atoms with E-state index in [0.29, 0.717) is 11.8 Å². The topological polar surface area (TPSA) is 32.3 Å². The van der Waals surface area contributed by atoms with Crippen LogP contribution in [0.3, 0.4) is 0 Å². The number of nitrogens with zero attached hydrogens (tertiary/aromatic N) is 1. The van der Waals surface area contributed by atoms with Gasteiger partial charge in [0.05, 0.1) is 0 Å². The first-order valence-electron chi connectivity index (χ1n) is 5.73. The van der Waals surface area contributed by atoms with Crippen LogP contribution in [0.4, 0.5) is 0 Å². The third-order valence-corrected chi connectivity index (χ3v) is 3.29. The SMILES string of the molecule is CN(CC1CCNCC1)C(=O)C1CC1. The summed E-state index contributed by atoms with van der Waals surface area (Å²) in [5.41, 5.74) is 0. The first kappa shape index (κ1) is 9.97. The zero-order valence-electron chi connectivity index (χ0n) is 8.96. The second kappa shape index (κ2) is 4.30. The van der Waals surface area contributed by atoms with E-state index in [9.17, 15) is 4.79 Å². The van der Waals surface area contributed by atoms with Gasteiger partial charge in [-0.05, 0) is 44.7 Å². The third-order valence-electron chi connectivity index (χ3n) is 3.29. The lowest BCUT2D eigenvalue weighted by molar-refractivity contribution is -0.131. The Labute approximate surface area is 85.8 Å². The van der Waals surface area contributed by atoms with Gasteiger partial charge in [-0.15, -0.1) is 0 Å². The Morgan fingerprint density at radius 3 is 2.50 bits per heavy atom. The van der Waals surface area contributed by atoms with Crippen LogP contribution in [-0.4, -0.2) is 37.5 Å². The maximum absolute atomic E-state index is 11.7. The molecule has 0 aromatic carbocycles. The predicted octanol–water partition coefficient (Wildman–Crippen LogP) is 0.854. The highest BCUT2D eigenvalue weighted by atomic mass is 16.2. The Balaban J connectivity index is 1.74. The second-order valence-corrected chi connectivity index (χ2v) is 4.69. The normalized spacial score (nSPS) is 23.5. The van der Waals surface area contributed by atoms with Gasteiger partial charge in [0.2, 0.25) is 5.91 Å². The monoisotopic (exact) mass is 196 g/mol. The van der Waals surface area contributed by atoms with Crippen molar-refractivity contribution in [2.45, 2.75) is 25.7 Å². The minimum atomic E-state index is 0.377. The van der Waals surface area contributed by atoms with Crippen LogP contribution in [0.2, 0.25) is 0 Å². The van der Waals surface area contributed by atoms with Crippen molar-refractivity contribution in [1.29, 1.82) is 0 Å². The number of rotatable bonds is 3. The summed E-state index contributed by atoms with van der Waals surface area (Å²) in [7, 11) is 1.96. The summed E-state index contributed by atoms with van der Waals surface area (Å²) in [5, 5.41) is 3.35. The Morgan fingerprint density at radius 2 is 1.93 bits per heavy atom. The lowest BCUT2D eigenvalue weighted by atomic mass is 9.97. The summed E-state index contributed by atoms with van der Waals surface area (Å²) in [6.45, 7) is 3.21. The Morgan fingerprint density at radius 1 is 1.29 bits per heavy atom. The molecule has 2 aliphatic rings. The zero-order chi connectivity index (χ0) is 9.97. The number of hydrogen-bond donors (Lipinski definition) is 1. The molecule has 3 heteroatoms. The van der Waals surface area contributed by atoms with Crippen molar-refractivity contribution in [2.75, 3.05) is 26.7 Å². The van der Waals surface area contributed by atoms with Gasteiger partial charge in [-0.25, -0.2) is 0 Å². The lowest BCUT2D eigenvalue weighted by Gasteiger charge is -2.27. The van der Waals surface area contributed by atoms with Gasteiger partial charge in [0.25, 0.3) is 0 Å². The van der Waals surface area contributed by atoms with Gasteiger partial charge in [0, 0.05) is 19.5 Å². The number of amides is 1. The molecule has 14 heavy (non-hydrogen) atoms. The lowest BCUT2D eigenvalue weighted by Crippen LogP contribution is -2.37. The van der Waals surface area contributed by atoms with Crippen molar-refractivity contribution in [2.24, 2.45) is 11.8 Å². The van der Waals surface area contributed by atoms with Gasteiger partial charge in [-0.2, -0.15) is 0 Å². The first-order valence-corrected chi connectivity index (χ1v) is 5.73. The number of carbonyl (C=O) groups is 1. The van der Waals surface area contributed by atoms with Crippen molar-refractivity contribution in [1.82, 2.24) is 10.2 Å². The number of piperidine rings is 1. The molecule has 1 saturated heterocycles. The maximum atomic E-state index is 11.7. The summed E-state index contributed by atoms with van der Waals surface area (Å²) in [6.07, 6.45) is 4.69. The van der Waals surface area contributed by atoms with Crippen LogP contribution in [0.1, 0.15) is 25.7 Å². The van der Waals surface area contributed by atoms with E-state index in [1.54, 1.807) is 0 Å². The summed E-state index contributed by atoms with van der Waals surface area (Å²) in [4.78, 5) is 13.6. The van der Waals surface area contributed by atoms with E-state index >= 15 is 0 Å². The molecule has 2 fully saturated rings. The predicted molar refractivity (Wildman–Crippen MR) is 56.0 cm³/mol. The van der Waals surface area contributed by atoms with Gasteiger partial charge in [-0.1, -0.05) is 0 Å². The van der Waals surface area contributed by atoms with Crippen LogP contribution in [-0.2, 0) is 4.79 Å². The Kier molecular flexibility index (Phi) is 3.06. The molecule has 0 atom stereocenters. The molecule has 2 rings (SSSR count). The van der Waals surface area contributed by atoms with Crippen LogP contribution in [0.5, 0.6) is 0 Å². The molecular weight excluding hydrogens is 176 g/mol. The molecule has 1 N–H and O–H groups in total. The van der Waals surface area contributed by atoms with E-state index in [4.69, 9.17) is 0 Å². The van der Waals surface area contributed by atoms with Gasteiger partial charge >= 0.3 is 0 Å². The minimum Gasteiger partial charge on any atom is -0.345 e. The molecule has 3 nitrogen and oxygen atoms in total. The fourth-order valence-electron chi connectivity index (χ4n) is 2.18. The first-order chi connectivity index (χ1) is 6.77. The average molecular weight is 196 g/mol. The molecule has 0 aromatic heterocycles. The van der Waals surface area contributed by atoms with E-state index in [2.05, 4.69) is 5.32 Å². The fourth-order valence-corrected chi connectivity index (χ4v) is 2.18. The van der Waals surface area contributed by atoms with Crippen LogP contribution in [0, 0.1) is 11.8 Å². The minimum absolute atomic E-state index is 0.377. The molecule has 0 bridgehead atoms. The van der Waals surface area contributed by atoms with Gasteiger partial charge in [0.1, 0.15) is 0 Å². The van der Waals surface area contributed by atoms with E-state index in [0.717, 1.165) is 38.4 Å². The molecule has 1 saturated carbocycles.